The number of ether oxygens (including phenoxy) is 1. The SMILES string of the molecule is Cc1ccc(C)c(CN2C(=O)C(C)(C)Oc3ccc(C(=O)NC4CC4)cc32)c1. The Kier molecular flexibility index (Phi) is 4.41. The van der Waals surface area contributed by atoms with Crippen LogP contribution in [0.2, 0.25) is 0 Å². The van der Waals surface area contributed by atoms with E-state index >= 15 is 0 Å². The van der Waals surface area contributed by atoms with Crippen molar-refractivity contribution in [2.75, 3.05) is 4.90 Å². The minimum absolute atomic E-state index is 0.103. The fourth-order valence-electron chi connectivity index (χ4n) is 3.50. The second kappa shape index (κ2) is 6.66. The summed E-state index contributed by atoms with van der Waals surface area (Å²) in [6, 6.07) is 11.9. The molecule has 5 nitrogen and oxygen atoms in total. The van der Waals surface area contributed by atoms with Crippen LogP contribution in [0.1, 0.15) is 53.7 Å². The summed E-state index contributed by atoms with van der Waals surface area (Å²) in [6.07, 6.45) is 2.07. The van der Waals surface area contributed by atoms with Gasteiger partial charge in [-0.2, -0.15) is 0 Å². The lowest BCUT2D eigenvalue weighted by molar-refractivity contribution is -0.132. The molecule has 28 heavy (non-hydrogen) atoms. The van der Waals surface area contributed by atoms with E-state index in [9.17, 15) is 9.59 Å². The number of rotatable bonds is 4. The van der Waals surface area contributed by atoms with E-state index in [0.717, 1.165) is 29.5 Å². The molecule has 2 amide bonds. The molecule has 0 bridgehead atoms. The third kappa shape index (κ3) is 3.49. The molecule has 1 aliphatic heterocycles. The molecule has 0 atom stereocenters. The van der Waals surface area contributed by atoms with Gasteiger partial charge in [-0.25, -0.2) is 0 Å². The zero-order chi connectivity index (χ0) is 20.1. The Morgan fingerprint density at radius 2 is 1.93 bits per heavy atom. The lowest BCUT2D eigenvalue weighted by atomic mass is 9.99. The number of benzene rings is 2. The van der Waals surface area contributed by atoms with Crippen molar-refractivity contribution in [3.8, 4) is 5.75 Å². The van der Waals surface area contributed by atoms with Crippen LogP contribution in [-0.2, 0) is 11.3 Å². The van der Waals surface area contributed by atoms with Crippen LogP contribution in [-0.4, -0.2) is 23.5 Å². The molecule has 4 rings (SSSR count). The Morgan fingerprint density at radius 3 is 2.64 bits per heavy atom. The number of carbonyl (C=O) groups is 2. The summed E-state index contributed by atoms with van der Waals surface area (Å²) in [7, 11) is 0. The molecule has 1 saturated carbocycles. The van der Waals surface area contributed by atoms with Crippen molar-refractivity contribution in [2.24, 2.45) is 0 Å². The summed E-state index contributed by atoms with van der Waals surface area (Å²) in [5.74, 6) is 0.410. The molecule has 2 aromatic rings. The zero-order valence-corrected chi connectivity index (χ0v) is 16.8. The Balaban J connectivity index is 1.73. The summed E-state index contributed by atoms with van der Waals surface area (Å²) in [5, 5.41) is 3.00. The fourth-order valence-corrected chi connectivity index (χ4v) is 3.50. The Morgan fingerprint density at radius 1 is 1.18 bits per heavy atom. The van der Waals surface area contributed by atoms with Crippen LogP contribution in [0, 0.1) is 13.8 Å². The maximum atomic E-state index is 13.2. The van der Waals surface area contributed by atoms with Gasteiger partial charge in [-0.3, -0.25) is 9.59 Å². The second-order valence-corrected chi connectivity index (χ2v) is 8.36. The summed E-state index contributed by atoms with van der Waals surface area (Å²) >= 11 is 0. The van der Waals surface area contributed by atoms with E-state index in [2.05, 4.69) is 23.5 Å². The van der Waals surface area contributed by atoms with Gasteiger partial charge in [0, 0.05) is 11.6 Å². The number of hydrogen-bond donors (Lipinski definition) is 1. The Bertz CT molecular complexity index is 960. The highest BCUT2D eigenvalue weighted by Crippen LogP contribution is 2.39. The average Bonchev–Trinajstić information content (AvgIpc) is 3.45. The molecule has 146 valence electrons. The minimum atomic E-state index is -0.956. The highest BCUT2D eigenvalue weighted by Gasteiger charge is 2.41. The van der Waals surface area contributed by atoms with E-state index in [-0.39, 0.29) is 17.9 Å². The summed E-state index contributed by atoms with van der Waals surface area (Å²) < 4.78 is 5.96. The van der Waals surface area contributed by atoms with Crippen molar-refractivity contribution in [3.05, 3.63) is 58.7 Å². The molecule has 2 aromatic carbocycles. The van der Waals surface area contributed by atoms with Gasteiger partial charge >= 0.3 is 0 Å². The first kappa shape index (κ1) is 18.5. The van der Waals surface area contributed by atoms with E-state index in [1.165, 1.54) is 0 Å². The molecule has 1 N–H and O–H groups in total. The quantitative estimate of drug-likeness (QED) is 0.878. The van der Waals surface area contributed by atoms with Gasteiger partial charge in [-0.1, -0.05) is 23.8 Å². The number of aryl methyl sites for hydroxylation is 2. The van der Waals surface area contributed by atoms with Gasteiger partial charge in [0.2, 0.25) is 0 Å². The smallest absolute Gasteiger partial charge is 0.271 e. The molecule has 1 fully saturated rings. The molecule has 5 heteroatoms. The van der Waals surface area contributed by atoms with Gasteiger partial charge in [0.1, 0.15) is 5.75 Å². The van der Waals surface area contributed by atoms with Gasteiger partial charge in [0.15, 0.2) is 5.60 Å². The first-order valence-corrected chi connectivity index (χ1v) is 9.76. The van der Waals surface area contributed by atoms with E-state index in [4.69, 9.17) is 4.74 Å². The van der Waals surface area contributed by atoms with Crippen LogP contribution in [0.25, 0.3) is 0 Å². The minimum Gasteiger partial charge on any atom is -0.476 e. The van der Waals surface area contributed by atoms with Crippen LogP contribution < -0.4 is 15.0 Å². The number of hydrogen-bond acceptors (Lipinski definition) is 3. The monoisotopic (exact) mass is 378 g/mol. The Labute approximate surface area is 165 Å². The number of nitrogens with zero attached hydrogens (tertiary/aromatic N) is 1. The van der Waals surface area contributed by atoms with E-state index < -0.39 is 5.60 Å². The van der Waals surface area contributed by atoms with Gasteiger partial charge in [0.05, 0.1) is 12.2 Å². The van der Waals surface area contributed by atoms with E-state index in [0.29, 0.717) is 23.5 Å². The number of carbonyl (C=O) groups excluding carboxylic acids is 2. The molecule has 0 unspecified atom stereocenters. The zero-order valence-electron chi connectivity index (χ0n) is 16.8. The summed E-state index contributed by atoms with van der Waals surface area (Å²) in [6.45, 7) is 8.09. The van der Waals surface area contributed by atoms with Crippen LogP contribution >= 0.6 is 0 Å². The Hall–Kier alpha value is -2.82. The van der Waals surface area contributed by atoms with Crippen molar-refractivity contribution >= 4 is 17.5 Å². The van der Waals surface area contributed by atoms with Crippen molar-refractivity contribution in [3.63, 3.8) is 0 Å². The second-order valence-electron chi connectivity index (χ2n) is 8.36. The fraction of sp³-hybridized carbons (Fsp3) is 0.391. The molecule has 1 heterocycles. The number of amides is 2. The molecular weight excluding hydrogens is 352 g/mol. The molecule has 0 spiro atoms. The maximum absolute atomic E-state index is 13.2. The maximum Gasteiger partial charge on any atom is 0.271 e. The van der Waals surface area contributed by atoms with Gasteiger partial charge in [0.25, 0.3) is 11.8 Å². The third-order valence-corrected chi connectivity index (χ3v) is 5.38. The predicted octanol–water partition coefficient (Wildman–Crippen LogP) is 3.90. The predicted molar refractivity (Wildman–Crippen MR) is 109 cm³/mol. The van der Waals surface area contributed by atoms with Gasteiger partial charge in [-0.15, -0.1) is 0 Å². The van der Waals surface area contributed by atoms with Crippen molar-refractivity contribution < 1.29 is 14.3 Å². The third-order valence-electron chi connectivity index (χ3n) is 5.38. The first-order chi connectivity index (χ1) is 13.2. The number of anilines is 1. The van der Waals surface area contributed by atoms with Crippen molar-refractivity contribution in [1.29, 1.82) is 0 Å². The lowest BCUT2D eigenvalue weighted by Crippen LogP contribution is -2.52. The number of fused-ring (bicyclic) bond motifs is 1. The lowest BCUT2D eigenvalue weighted by Gasteiger charge is -2.39. The van der Waals surface area contributed by atoms with Crippen LogP contribution in [0.3, 0.4) is 0 Å². The van der Waals surface area contributed by atoms with Crippen LogP contribution in [0.5, 0.6) is 5.75 Å². The van der Waals surface area contributed by atoms with E-state index in [1.54, 1.807) is 36.9 Å². The standard InChI is InChI=1S/C23H26N2O3/c1-14-5-6-15(2)17(11-14)13-25-19-12-16(21(26)24-18-8-9-18)7-10-20(19)28-23(3,4)22(25)27/h5-7,10-12,18H,8-9,13H2,1-4H3,(H,24,26). The average molecular weight is 378 g/mol. The van der Waals surface area contributed by atoms with Crippen LogP contribution in [0.15, 0.2) is 36.4 Å². The molecule has 1 aliphatic carbocycles. The molecular formula is C23H26N2O3. The molecule has 2 aliphatic rings. The molecule has 0 saturated heterocycles. The molecule has 0 radical (unpaired) electrons. The van der Waals surface area contributed by atoms with Crippen molar-refractivity contribution in [2.45, 2.75) is 58.7 Å². The van der Waals surface area contributed by atoms with Gasteiger partial charge < -0.3 is 15.0 Å². The normalized spacial score (nSPS) is 17.7. The summed E-state index contributed by atoms with van der Waals surface area (Å²) in [4.78, 5) is 27.4. The van der Waals surface area contributed by atoms with E-state index in [1.807, 2.05) is 13.8 Å². The molecule has 0 aromatic heterocycles. The first-order valence-electron chi connectivity index (χ1n) is 9.76. The summed E-state index contributed by atoms with van der Waals surface area (Å²) in [5.41, 5.74) is 3.61. The largest absolute Gasteiger partial charge is 0.476 e. The topological polar surface area (TPSA) is 58.6 Å². The highest BCUT2D eigenvalue weighted by molar-refractivity contribution is 6.04. The highest BCUT2D eigenvalue weighted by atomic mass is 16.5. The van der Waals surface area contributed by atoms with Crippen molar-refractivity contribution in [1.82, 2.24) is 5.32 Å². The van der Waals surface area contributed by atoms with Crippen LogP contribution in [0.4, 0.5) is 5.69 Å². The number of nitrogens with one attached hydrogen (secondary N) is 1. The van der Waals surface area contributed by atoms with Gasteiger partial charge in [-0.05, 0) is 69.9 Å².